The van der Waals surface area contributed by atoms with Gasteiger partial charge in [-0.1, -0.05) is 18.2 Å². The van der Waals surface area contributed by atoms with Gasteiger partial charge in [0.25, 0.3) is 0 Å². The molecule has 0 fully saturated rings. The standard InChI is InChI=1S/C17H19NO5S/c1-2-22-17(19)14-8-10-15(11-9-14)18-24(20,21)13-12-23-16-6-4-3-5-7-16/h3-11,18H,2,12-13H2,1H3. The van der Waals surface area contributed by atoms with Crippen LogP contribution >= 0.6 is 0 Å². The summed E-state index contributed by atoms with van der Waals surface area (Å²) in [7, 11) is -3.54. The lowest BCUT2D eigenvalue weighted by molar-refractivity contribution is 0.0526. The molecule has 2 rings (SSSR count). The van der Waals surface area contributed by atoms with Crippen LogP contribution in [-0.2, 0) is 14.8 Å². The molecule has 0 aliphatic carbocycles. The maximum atomic E-state index is 12.0. The maximum absolute atomic E-state index is 12.0. The van der Waals surface area contributed by atoms with Crippen LogP contribution in [0.5, 0.6) is 5.75 Å². The molecule has 0 aromatic heterocycles. The number of esters is 1. The molecule has 0 unspecified atom stereocenters. The van der Waals surface area contributed by atoms with Crippen LogP contribution in [0.1, 0.15) is 17.3 Å². The second kappa shape index (κ2) is 8.35. The van der Waals surface area contributed by atoms with E-state index in [9.17, 15) is 13.2 Å². The number of rotatable bonds is 8. The van der Waals surface area contributed by atoms with Crippen LogP contribution in [0.2, 0.25) is 0 Å². The zero-order valence-corrected chi connectivity index (χ0v) is 14.1. The number of hydrogen-bond donors (Lipinski definition) is 1. The molecule has 0 radical (unpaired) electrons. The van der Waals surface area contributed by atoms with Gasteiger partial charge in [0.2, 0.25) is 10.0 Å². The number of anilines is 1. The molecule has 0 amide bonds. The lowest BCUT2D eigenvalue weighted by Gasteiger charge is -2.10. The molecule has 7 heteroatoms. The largest absolute Gasteiger partial charge is 0.492 e. The van der Waals surface area contributed by atoms with Gasteiger partial charge in [-0.25, -0.2) is 13.2 Å². The highest BCUT2D eigenvalue weighted by molar-refractivity contribution is 7.92. The van der Waals surface area contributed by atoms with E-state index in [1.807, 2.05) is 18.2 Å². The van der Waals surface area contributed by atoms with Crippen LogP contribution in [0.15, 0.2) is 54.6 Å². The maximum Gasteiger partial charge on any atom is 0.338 e. The van der Waals surface area contributed by atoms with Crippen molar-refractivity contribution in [1.29, 1.82) is 0 Å². The Morgan fingerprint density at radius 3 is 2.33 bits per heavy atom. The van der Waals surface area contributed by atoms with E-state index in [0.717, 1.165) is 0 Å². The fourth-order valence-electron chi connectivity index (χ4n) is 1.91. The Labute approximate surface area is 141 Å². The summed E-state index contributed by atoms with van der Waals surface area (Å²) in [5, 5.41) is 0. The van der Waals surface area contributed by atoms with Crippen LogP contribution in [0, 0.1) is 0 Å². The number of sulfonamides is 1. The average molecular weight is 349 g/mol. The summed E-state index contributed by atoms with van der Waals surface area (Å²) in [6, 6.07) is 15.0. The van der Waals surface area contributed by atoms with E-state index in [0.29, 0.717) is 17.0 Å². The minimum atomic E-state index is -3.54. The molecule has 0 aliphatic rings. The highest BCUT2D eigenvalue weighted by atomic mass is 32.2. The van der Waals surface area contributed by atoms with Crippen LogP contribution < -0.4 is 9.46 Å². The minimum Gasteiger partial charge on any atom is -0.492 e. The minimum absolute atomic E-state index is 0.0419. The monoisotopic (exact) mass is 349 g/mol. The molecule has 1 N–H and O–H groups in total. The molecule has 128 valence electrons. The zero-order valence-electron chi connectivity index (χ0n) is 13.3. The molecule has 6 nitrogen and oxygen atoms in total. The van der Waals surface area contributed by atoms with Crippen LogP contribution in [0.3, 0.4) is 0 Å². The molecule has 0 heterocycles. The summed E-state index contributed by atoms with van der Waals surface area (Å²) < 4.78 is 36.7. The summed E-state index contributed by atoms with van der Waals surface area (Å²) in [6.45, 7) is 2.05. The van der Waals surface area contributed by atoms with Gasteiger partial charge in [-0.3, -0.25) is 4.72 Å². The number of hydrogen-bond acceptors (Lipinski definition) is 5. The number of ether oxygens (including phenoxy) is 2. The molecule has 0 aliphatic heterocycles. The first-order chi connectivity index (χ1) is 11.5. The summed E-state index contributed by atoms with van der Waals surface area (Å²) in [4.78, 5) is 11.5. The van der Waals surface area contributed by atoms with Gasteiger partial charge in [0.05, 0.1) is 12.2 Å². The second-order valence-corrected chi connectivity index (χ2v) is 6.72. The summed E-state index contributed by atoms with van der Waals surface area (Å²) in [5.41, 5.74) is 0.745. The Hall–Kier alpha value is -2.54. The summed E-state index contributed by atoms with van der Waals surface area (Å²) >= 11 is 0. The van der Waals surface area contributed by atoms with Crippen molar-refractivity contribution in [3.05, 3.63) is 60.2 Å². The zero-order chi connectivity index (χ0) is 17.4. The van der Waals surface area contributed by atoms with E-state index in [1.165, 1.54) is 24.3 Å². The van der Waals surface area contributed by atoms with Crippen LogP contribution in [-0.4, -0.2) is 33.4 Å². The Kier molecular flexibility index (Phi) is 6.20. The molecule has 2 aromatic rings. The van der Waals surface area contributed by atoms with Crippen LogP contribution in [0.4, 0.5) is 5.69 Å². The summed E-state index contributed by atoms with van der Waals surface area (Å²) in [6.07, 6.45) is 0. The summed E-state index contributed by atoms with van der Waals surface area (Å²) in [5.74, 6) is -0.00344. The number of carbonyl (C=O) groups excluding carboxylic acids is 1. The first-order valence-corrected chi connectivity index (χ1v) is 9.11. The van der Waals surface area contributed by atoms with E-state index >= 15 is 0 Å². The van der Waals surface area contributed by atoms with E-state index < -0.39 is 16.0 Å². The number of para-hydroxylation sites is 1. The molecule has 2 aromatic carbocycles. The lowest BCUT2D eigenvalue weighted by Crippen LogP contribution is -2.21. The number of nitrogens with one attached hydrogen (secondary N) is 1. The number of benzene rings is 2. The molecule has 24 heavy (non-hydrogen) atoms. The molecule has 0 bridgehead atoms. The third-order valence-corrected chi connectivity index (χ3v) is 4.28. The van der Waals surface area contributed by atoms with E-state index in [4.69, 9.17) is 9.47 Å². The lowest BCUT2D eigenvalue weighted by atomic mass is 10.2. The van der Waals surface area contributed by atoms with Crippen molar-refractivity contribution >= 4 is 21.7 Å². The van der Waals surface area contributed by atoms with Gasteiger partial charge in [-0.15, -0.1) is 0 Å². The van der Waals surface area contributed by atoms with E-state index in [2.05, 4.69) is 4.72 Å². The Balaban J connectivity index is 1.88. The smallest absolute Gasteiger partial charge is 0.338 e. The van der Waals surface area contributed by atoms with Crippen molar-refractivity contribution in [1.82, 2.24) is 0 Å². The Morgan fingerprint density at radius 2 is 1.71 bits per heavy atom. The van der Waals surface area contributed by atoms with Crippen molar-refractivity contribution in [2.45, 2.75) is 6.92 Å². The van der Waals surface area contributed by atoms with Gasteiger partial charge in [-0.05, 0) is 43.3 Å². The van der Waals surface area contributed by atoms with Crippen molar-refractivity contribution in [3.8, 4) is 5.75 Å². The first kappa shape index (κ1) is 17.8. The molecule has 0 spiro atoms. The SMILES string of the molecule is CCOC(=O)c1ccc(NS(=O)(=O)CCOc2ccccc2)cc1. The van der Waals surface area contributed by atoms with Gasteiger partial charge in [0, 0.05) is 5.69 Å². The van der Waals surface area contributed by atoms with Gasteiger partial charge in [0.1, 0.15) is 18.1 Å². The average Bonchev–Trinajstić information content (AvgIpc) is 2.56. The first-order valence-electron chi connectivity index (χ1n) is 7.46. The van der Waals surface area contributed by atoms with Gasteiger partial charge < -0.3 is 9.47 Å². The van der Waals surface area contributed by atoms with Crippen molar-refractivity contribution in [2.24, 2.45) is 0 Å². The molecular formula is C17H19NO5S. The number of carbonyl (C=O) groups is 1. The fourth-order valence-corrected chi connectivity index (χ4v) is 2.81. The van der Waals surface area contributed by atoms with Gasteiger partial charge in [-0.2, -0.15) is 0 Å². The van der Waals surface area contributed by atoms with Crippen molar-refractivity contribution < 1.29 is 22.7 Å². The molecule has 0 atom stereocenters. The van der Waals surface area contributed by atoms with E-state index in [-0.39, 0.29) is 19.0 Å². The predicted octanol–water partition coefficient (Wildman–Crippen LogP) is 2.68. The van der Waals surface area contributed by atoms with Gasteiger partial charge in [0.15, 0.2) is 0 Å². The Morgan fingerprint density at radius 1 is 1.04 bits per heavy atom. The molecular weight excluding hydrogens is 330 g/mol. The normalized spacial score (nSPS) is 10.9. The van der Waals surface area contributed by atoms with Crippen molar-refractivity contribution in [3.63, 3.8) is 0 Å². The quantitative estimate of drug-likeness (QED) is 0.741. The second-order valence-electron chi connectivity index (χ2n) is 4.88. The molecule has 0 saturated carbocycles. The Bertz CT molecular complexity index is 757. The fraction of sp³-hybridized carbons (Fsp3) is 0.235. The highest BCUT2D eigenvalue weighted by Gasteiger charge is 2.12. The van der Waals surface area contributed by atoms with Crippen molar-refractivity contribution in [2.75, 3.05) is 23.7 Å². The third kappa shape index (κ3) is 5.58. The van der Waals surface area contributed by atoms with E-state index in [1.54, 1.807) is 19.1 Å². The third-order valence-electron chi connectivity index (χ3n) is 3.03. The predicted molar refractivity (Wildman–Crippen MR) is 91.7 cm³/mol. The highest BCUT2D eigenvalue weighted by Crippen LogP contribution is 2.13. The van der Waals surface area contributed by atoms with Gasteiger partial charge >= 0.3 is 5.97 Å². The molecule has 0 saturated heterocycles. The topological polar surface area (TPSA) is 81.7 Å². The van der Waals surface area contributed by atoms with Crippen LogP contribution in [0.25, 0.3) is 0 Å².